The van der Waals surface area contributed by atoms with E-state index < -0.39 is 16.2 Å². The van der Waals surface area contributed by atoms with Crippen molar-refractivity contribution in [2.45, 2.75) is 32.4 Å². The van der Waals surface area contributed by atoms with Gasteiger partial charge in [0.1, 0.15) is 8.96 Å². The summed E-state index contributed by atoms with van der Waals surface area (Å²) in [6.45, 7) is 8.16. The van der Waals surface area contributed by atoms with Gasteiger partial charge in [-0.05, 0) is 5.04 Å². The van der Waals surface area contributed by atoms with Gasteiger partial charge in [-0.1, -0.05) is 27.3 Å². The van der Waals surface area contributed by atoms with Crippen LogP contribution in [0.3, 0.4) is 0 Å². The van der Waals surface area contributed by atoms with Crippen molar-refractivity contribution in [3.8, 4) is 0 Å². The molecule has 68 valence electrons. The van der Waals surface area contributed by atoms with Crippen LogP contribution in [0.5, 0.6) is 0 Å². The maximum absolute atomic E-state index is 10.8. The molecular formula is C5H14INO2SSi. The van der Waals surface area contributed by atoms with Crippen molar-refractivity contribution >= 4 is 37.4 Å². The van der Waals surface area contributed by atoms with Gasteiger partial charge >= 0.3 is 0 Å². The fraction of sp³-hybridized carbons (Fsp3) is 1.00. The molecule has 0 aromatic rings. The van der Waals surface area contributed by atoms with Crippen LogP contribution in [-0.4, -0.2) is 17.4 Å². The zero-order chi connectivity index (χ0) is 9.28. The molecule has 0 aromatic heterocycles. The van der Waals surface area contributed by atoms with Gasteiger partial charge < -0.3 is 0 Å². The fourth-order valence-electron chi connectivity index (χ4n) is 0.388. The molecule has 6 heteroatoms. The predicted octanol–water partition coefficient (Wildman–Crippen LogP) is 1.41. The lowest BCUT2D eigenvalue weighted by Gasteiger charge is -2.24. The standard InChI is InChI=1S/C5H14INO2SSi/c1-5(2,3)11(4)7-10(6,8)9/h7,11H,1-4H3. The summed E-state index contributed by atoms with van der Waals surface area (Å²) in [5.74, 6) is 0. The van der Waals surface area contributed by atoms with Crippen molar-refractivity contribution < 1.29 is 8.42 Å². The molecule has 0 saturated carbocycles. The minimum Gasteiger partial charge on any atom is -0.232 e. The second-order valence-corrected chi connectivity index (χ2v) is 12.1. The van der Waals surface area contributed by atoms with Crippen LogP contribution in [0.15, 0.2) is 0 Å². The van der Waals surface area contributed by atoms with E-state index in [0.29, 0.717) is 0 Å². The summed E-state index contributed by atoms with van der Waals surface area (Å²) in [5.41, 5.74) is 0. The van der Waals surface area contributed by atoms with Gasteiger partial charge in [-0.3, -0.25) is 0 Å². The van der Waals surface area contributed by atoms with Gasteiger partial charge in [0.15, 0.2) is 0 Å². The highest BCUT2D eigenvalue weighted by atomic mass is 127. The Morgan fingerprint density at radius 3 is 1.82 bits per heavy atom. The molecule has 11 heavy (non-hydrogen) atoms. The van der Waals surface area contributed by atoms with Crippen LogP contribution >= 0.6 is 21.2 Å². The minimum atomic E-state index is -3.02. The lowest BCUT2D eigenvalue weighted by atomic mass is 10.3. The monoisotopic (exact) mass is 307 g/mol. The van der Waals surface area contributed by atoms with E-state index in [1.54, 1.807) is 0 Å². The van der Waals surface area contributed by atoms with Gasteiger partial charge in [0, 0.05) is 0 Å². The zero-order valence-electron chi connectivity index (χ0n) is 7.18. The van der Waals surface area contributed by atoms with Crippen LogP contribution in [0.2, 0.25) is 11.6 Å². The Morgan fingerprint density at radius 1 is 1.36 bits per heavy atom. The highest BCUT2D eigenvalue weighted by molar-refractivity contribution is 14.2. The maximum atomic E-state index is 10.8. The molecule has 1 N–H and O–H groups in total. The third kappa shape index (κ3) is 6.06. The molecule has 0 rings (SSSR count). The second kappa shape index (κ2) is 3.71. The Labute approximate surface area is 82.3 Å². The first-order valence-electron chi connectivity index (χ1n) is 3.35. The SMILES string of the molecule is C[SiH](NS(=O)(=O)I)C(C)(C)C. The van der Waals surface area contributed by atoms with E-state index in [1.165, 1.54) is 21.2 Å². The number of halogens is 1. The van der Waals surface area contributed by atoms with Crippen LogP contribution in [0.1, 0.15) is 20.8 Å². The largest absolute Gasteiger partial charge is 0.259 e. The summed E-state index contributed by atoms with van der Waals surface area (Å²) >= 11 is 1.43. The average Bonchev–Trinajstić information content (AvgIpc) is 1.56. The summed E-state index contributed by atoms with van der Waals surface area (Å²) in [7, 11) is -4.39. The molecule has 0 spiro atoms. The molecular weight excluding hydrogens is 293 g/mol. The highest BCUT2D eigenvalue weighted by Gasteiger charge is 2.24. The first-order chi connectivity index (χ1) is 4.63. The molecule has 0 aromatic carbocycles. The predicted molar refractivity (Wildman–Crippen MR) is 58.8 cm³/mol. The molecule has 0 radical (unpaired) electrons. The first-order valence-corrected chi connectivity index (χ1v) is 9.68. The van der Waals surface area contributed by atoms with Crippen molar-refractivity contribution in [2.24, 2.45) is 0 Å². The van der Waals surface area contributed by atoms with Gasteiger partial charge in [0.25, 0.3) is 7.19 Å². The van der Waals surface area contributed by atoms with E-state index in [4.69, 9.17) is 0 Å². The van der Waals surface area contributed by atoms with E-state index in [-0.39, 0.29) is 5.04 Å². The smallest absolute Gasteiger partial charge is 0.232 e. The van der Waals surface area contributed by atoms with E-state index in [9.17, 15) is 8.42 Å². The first kappa shape index (κ1) is 11.9. The van der Waals surface area contributed by atoms with Crippen molar-refractivity contribution in [1.29, 1.82) is 0 Å². The summed E-state index contributed by atoms with van der Waals surface area (Å²) in [5, 5.41) is 0.109. The van der Waals surface area contributed by atoms with Crippen LogP contribution in [0.4, 0.5) is 0 Å². The molecule has 0 heterocycles. The maximum Gasteiger partial charge on any atom is 0.259 e. The van der Waals surface area contributed by atoms with E-state index in [2.05, 4.69) is 25.2 Å². The highest BCUT2D eigenvalue weighted by Crippen LogP contribution is 2.25. The van der Waals surface area contributed by atoms with Crippen molar-refractivity contribution in [2.75, 3.05) is 0 Å². The van der Waals surface area contributed by atoms with Gasteiger partial charge in [-0.2, -0.15) is 0 Å². The average molecular weight is 307 g/mol. The normalized spacial score (nSPS) is 16.5. The number of rotatable bonds is 2. The Balaban J connectivity index is 4.21. The Kier molecular flexibility index (Phi) is 4.00. The third-order valence-electron chi connectivity index (χ3n) is 1.62. The van der Waals surface area contributed by atoms with Crippen molar-refractivity contribution in [1.82, 2.24) is 4.39 Å². The van der Waals surface area contributed by atoms with Crippen LogP contribution in [-0.2, 0) is 7.19 Å². The second-order valence-electron chi connectivity index (χ2n) is 3.64. The summed E-state index contributed by atoms with van der Waals surface area (Å²) in [4.78, 5) is 0. The molecule has 3 nitrogen and oxygen atoms in total. The minimum absolute atomic E-state index is 0.109. The molecule has 0 aliphatic heterocycles. The molecule has 0 amide bonds. The van der Waals surface area contributed by atoms with Gasteiger partial charge in [0.2, 0.25) is 0 Å². The molecule has 0 bridgehead atoms. The Hall–Kier alpha value is 0.857. The summed E-state index contributed by atoms with van der Waals surface area (Å²) in [6, 6.07) is 0. The molecule has 1 atom stereocenters. The van der Waals surface area contributed by atoms with Gasteiger partial charge in [-0.15, -0.1) is 0 Å². The van der Waals surface area contributed by atoms with Gasteiger partial charge in [-0.25, -0.2) is 12.8 Å². The molecule has 1 unspecified atom stereocenters. The number of hydrogen-bond donors (Lipinski definition) is 1. The molecule has 0 aliphatic carbocycles. The number of nitrogens with one attached hydrogen (secondary N) is 1. The van der Waals surface area contributed by atoms with E-state index in [1.807, 2.05) is 6.55 Å². The molecule has 0 fully saturated rings. The lowest BCUT2D eigenvalue weighted by Crippen LogP contribution is -2.40. The fourth-order valence-corrected chi connectivity index (χ4v) is 6.92. The topological polar surface area (TPSA) is 46.2 Å². The molecule has 0 aliphatic rings. The third-order valence-corrected chi connectivity index (χ3v) is 9.04. The van der Waals surface area contributed by atoms with E-state index in [0.717, 1.165) is 0 Å². The number of hydrogen-bond acceptors (Lipinski definition) is 2. The van der Waals surface area contributed by atoms with Crippen LogP contribution in [0.25, 0.3) is 0 Å². The van der Waals surface area contributed by atoms with Crippen molar-refractivity contribution in [3.05, 3.63) is 0 Å². The van der Waals surface area contributed by atoms with Gasteiger partial charge in [0.05, 0.1) is 21.2 Å². The Bertz CT molecular complexity index is 221. The van der Waals surface area contributed by atoms with E-state index >= 15 is 0 Å². The molecule has 0 saturated heterocycles. The summed E-state index contributed by atoms with van der Waals surface area (Å²) in [6.07, 6.45) is 0. The zero-order valence-corrected chi connectivity index (χ0v) is 11.3. The Morgan fingerprint density at radius 2 is 1.73 bits per heavy atom. The lowest BCUT2D eigenvalue weighted by molar-refractivity contribution is 0.608. The van der Waals surface area contributed by atoms with Crippen LogP contribution in [0, 0.1) is 0 Å². The quantitative estimate of drug-likeness (QED) is 0.476. The van der Waals surface area contributed by atoms with Crippen LogP contribution < -0.4 is 4.39 Å². The summed E-state index contributed by atoms with van der Waals surface area (Å²) < 4.78 is 24.3. The van der Waals surface area contributed by atoms with Crippen molar-refractivity contribution in [3.63, 3.8) is 0 Å².